The SMILES string of the molecule is O=C(c1ccco1)N(Cc1ccccc1)C(c1ccccc1)c1ccc(F)cc1. The number of hydrogen-bond acceptors (Lipinski definition) is 2. The summed E-state index contributed by atoms with van der Waals surface area (Å²) in [5.41, 5.74) is 2.76. The van der Waals surface area contributed by atoms with Crippen LogP contribution in [-0.2, 0) is 6.54 Å². The van der Waals surface area contributed by atoms with Crippen molar-refractivity contribution in [2.24, 2.45) is 0 Å². The fourth-order valence-corrected chi connectivity index (χ4v) is 3.43. The summed E-state index contributed by atoms with van der Waals surface area (Å²) in [6.07, 6.45) is 1.49. The zero-order valence-corrected chi connectivity index (χ0v) is 15.7. The van der Waals surface area contributed by atoms with Crippen LogP contribution in [0, 0.1) is 5.82 Å². The van der Waals surface area contributed by atoms with Gasteiger partial charge in [0.2, 0.25) is 0 Å². The van der Waals surface area contributed by atoms with Crippen LogP contribution in [0.2, 0.25) is 0 Å². The number of hydrogen-bond donors (Lipinski definition) is 0. The number of nitrogens with zero attached hydrogens (tertiary/aromatic N) is 1. The first-order valence-corrected chi connectivity index (χ1v) is 9.41. The summed E-state index contributed by atoms with van der Waals surface area (Å²) >= 11 is 0. The molecule has 0 spiro atoms. The van der Waals surface area contributed by atoms with Crippen LogP contribution in [0.1, 0.15) is 33.3 Å². The molecule has 1 aromatic heterocycles. The maximum atomic E-state index is 13.6. The van der Waals surface area contributed by atoms with Crippen molar-refractivity contribution in [3.05, 3.63) is 132 Å². The van der Waals surface area contributed by atoms with Crippen LogP contribution >= 0.6 is 0 Å². The predicted molar refractivity (Wildman–Crippen MR) is 110 cm³/mol. The highest BCUT2D eigenvalue weighted by atomic mass is 19.1. The van der Waals surface area contributed by atoms with Gasteiger partial charge in [-0.15, -0.1) is 0 Å². The Morgan fingerprint density at radius 3 is 2.03 bits per heavy atom. The lowest BCUT2D eigenvalue weighted by molar-refractivity contribution is 0.0658. The second kappa shape index (κ2) is 8.57. The minimum absolute atomic E-state index is 0.225. The molecule has 4 aromatic rings. The van der Waals surface area contributed by atoms with Gasteiger partial charge in [0.05, 0.1) is 12.3 Å². The predicted octanol–water partition coefficient (Wildman–Crippen LogP) is 5.85. The van der Waals surface area contributed by atoms with Crippen molar-refractivity contribution in [3.63, 3.8) is 0 Å². The molecule has 0 radical (unpaired) electrons. The molecule has 0 saturated carbocycles. The van der Waals surface area contributed by atoms with E-state index in [1.54, 1.807) is 29.2 Å². The van der Waals surface area contributed by atoms with E-state index in [9.17, 15) is 9.18 Å². The molecule has 0 bridgehead atoms. The minimum Gasteiger partial charge on any atom is -0.459 e. The molecule has 4 heteroatoms. The Hall–Kier alpha value is -3.66. The molecule has 0 aliphatic carbocycles. The maximum absolute atomic E-state index is 13.6. The van der Waals surface area contributed by atoms with Crippen LogP contribution in [0.5, 0.6) is 0 Å². The summed E-state index contributed by atoms with van der Waals surface area (Å²) in [5, 5.41) is 0. The zero-order chi connectivity index (χ0) is 20.1. The lowest BCUT2D eigenvalue weighted by Crippen LogP contribution is -2.35. The second-order valence-corrected chi connectivity index (χ2v) is 6.76. The molecule has 0 aliphatic heterocycles. The Balaban J connectivity index is 1.82. The molecule has 0 fully saturated rings. The molecule has 4 rings (SSSR count). The van der Waals surface area contributed by atoms with E-state index in [1.807, 2.05) is 60.7 Å². The van der Waals surface area contributed by atoms with E-state index in [0.717, 1.165) is 16.7 Å². The number of furan rings is 1. The van der Waals surface area contributed by atoms with Gasteiger partial charge in [0.15, 0.2) is 5.76 Å². The first kappa shape index (κ1) is 18.7. The molecule has 1 atom stereocenters. The highest BCUT2D eigenvalue weighted by Crippen LogP contribution is 2.32. The Bertz CT molecular complexity index is 1050. The van der Waals surface area contributed by atoms with E-state index in [1.165, 1.54) is 18.4 Å². The second-order valence-electron chi connectivity index (χ2n) is 6.76. The van der Waals surface area contributed by atoms with Crippen LogP contribution in [-0.4, -0.2) is 10.8 Å². The fourth-order valence-electron chi connectivity index (χ4n) is 3.43. The molecule has 0 aliphatic rings. The standard InChI is InChI=1S/C25H20FNO2/c26-22-15-13-21(14-16-22)24(20-10-5-2-6-11-20)27(18-19-8-3-1-4-9-19)25(28)23-12-7-17-29-23/h1-17,24H,18H2. The number of halogens is 1. The number of carbonyl (C=O) groups is 1. The Kier molecular flexibility index (Phi) is 5.52. The average Bonchev–Trinajstić information content (AvgIpc) is 3.31. The lowest BCUT2D eigenvalue weighted by Gasteiger charge is -2.32. The van der Waals surface area contributed by atoms with Crippen LogP contribution in [0.15, 0.2) is 108 Å². The molecule has 1 heterocycles. The quantitative estimate of drug-likeness (QED) is 0.417. The Morgan fingerprint density at radius 2 is 1.41 bits per heavy atom. The number of rotatable bonds is 6. The van der Waals surface area contributed by atoms with E-state index < -0.39 is 6.04 Å². The summed E-state index contributed by atoms with van der Waals surface area (Å²) in [6.45, 7) is 0.386. The Morgan fingerprint density at radius 1 is 0.793 bits per heavy atom. The summed E-state index contributed by atoms with van der Waals surface area (Å²) in [7, 11) is 0. The van der Waals surface area contributed by atoms with Crippen molar-refractivity contribution >= 4 is 5.91 Å². The van der Waals surface area contributed by atoms with E-state index in [0.29, 0.717) is 6.54 Å². The molecule has 3 nitrogen and oxygen atoms in total. The van der Waals surface area contributed by atoms with Gasteiger partial charge >= 0.3 is 0 Å². The molecule has 1 unspecified atom stereocenters. The van der Waals surface area contributed by atoms with Gasteiger partial charge in [-0.25, -0.2) is 4.39 Å². The van der Waals surface area contributed by atoms with Gasteiger partial charge in [-0.2, -0.15) is 0 Å². The third-order valence-corrected chi connectivity index (χ3v) is 4.80. The lowest BCUT2D eigenvalue weighted by atomic mass is 9.96. The topological polar surface area (TPSA) is 33.5 Å². The van der Waals surface area contributed by atoms with Crippen molar-refractivity contribution in [1.29, 1.82) is 0 Å². The summed E-state index contributed by atoms with van der Waals surface area (Å²) in [5.74, 6) is -0.270. The molecule has 3 aromatic carbocycles. The molecule has 144 valence electrons. The third kappa shape index (κ3) is 4.27. The van der Waals surface area contributed by atoms with Gasteiger partial charge in [0.25, 0.3) is 5.91 Å². The van der Waals surface area contributed by atoms with Gasteiger partial charge in [-0.3, -0.25) is 4.79 Å². The third-order valence-electron chi connectivity index (χ3n) is 4.80. The van der Waals surface area contributed by atoms with Crippen LogP contribution in [0.25, 0.3) is 0 Å². The van der Waals surface area contributed by atoms with E-state index in [-0.39, 0.29) is 17.5 Å². The van der Waals surface area contributed by atoms with Crippen LogP contribution < -0.4 is 0 Å². The fraction of sp³-hybridized carbons (Fsp3) is 0.0800. The van der Waals surface area contributed by atoms with Gasteiger partial charge in [0, 0.05) is 6.54 Å². The van der Waals surface area contributed by atoms with E-state index in [2.05, 4.69) is 0 Å². The highest BCUT2D eigenvalue weighted by Gasteiger charge is 2.29. The van der Waals surface area contributed by atoms with Crippen molar-refractivity contribution in [2.45, 2.75) is 12.6 Å². The number of amides is 1. The monoisotopic (exact) mass is 385 g/mol. The van der Waals surface area contributed by atoms with Crippen LogP contribution in [0.4, 0.5) is 4.39 Å². The zero-order valence-electron chi connectivity index (χ0n) is 15.7. The number of benzene rings is 3. The van der Waals surface area contributed by atoms with Crippen molar-refractivity contribution in [2.75, 3.05) is 0 Å². The molecule has 0 N–H and O–H groups in total. The molecular weight excluding hydrogens is 365 g/mol. The average molecular weight is 385 g/mol. The van der Waals surface area contributed by atoms with Gasteiger partial charge in [-0.1, -0.05) is 72.8 Å². The van der Waals surface area contributed by atoms with Crippen molar-refractivity contribution in [3.8, 4) is 0 Å². The van der Waals surface area contributed by atoms with Crippen molar-refractivity contribution in [1.82, 2.24) is 4.90 Å². The first-order chi connectivity index (χ1) is 14.2. The van der Waals surface area contributed by atoms with Crippen molar-refractivity contribution < 1.29 is 13.6 Å². The minimum atomic E-state index is -0.394. The highest BCUT2D eigenvalue weighted by molar-refractivity contribution is 5.92. The van der Waals surface area contributed by atoms with Gasteiger partial charge in [-0.05, 0) is 41.0 Å². The van der Waals surface area contributed by atoms with E-state index in [4.69, 9.17) is 4.42 Å². The van der Waals surface area contributed by atoms with E-state index >= 15 is 0 Å². The largest absolute Gasteiger partial charge is 0.459 e. The molecule has 29 heavy (non-hydrogen) atoms. The summed E-state index contributed by atoms with van der Waals surface area (Å²) in [6, 6.07) is 28.8. The number of carbonyl (C=O) groups excluding carboxylic acids is 1. The first-order valence-electron chi connectivity index (χ1n) is 9.41. The summed E-state index contributed by atoms with van der Waals surface area (Å²) in [4.78, 5) is 15.2. The molecule has 1 amide bonds. The Labute approximate surface area is 169 Å². The van der Waals surface area contributed by atoms with Gasteiger partial charge in [0.1, 0.15) is 5.82 Å². The maximum Gasteiger partial charge on any atom is 0.290 e. The summed E-state index contributed by atoms with van der Waals surface area (Å²) < 4.78 is 19.0. The molecule has 0 saturated heterocycles. The van der Waals surface area contributed by atoms with Crippen LogP contribution in [0.3, 0.4) is 0 Å². The molecular formula is C25H20FNO2. The smallest absolute Gasteiger partial charge is 0.290 e. The normalized spacial score (nSPS) is 11.8. The van der Waals surface area contributed by atoms with Gasteiger partial charge < -0.3 is 9.32 Å².